The van der Waals surface area contributed by atoms with Gasteiger partial charge in [-0.2, -0.15) is 0 Å². The minimum atomic E-state index is -0.423. The van der Waals surface area contributed by atoms with Gasteiger partial charge in [0.15, 0.2) is 0 Å². The van der Waals surface area contributed by atoms with Gasteiger partial charge in [-0.25, -0.2) is 4.39 Å². The number of amides is 1. The highest BCUT2D eigenvalue weighted by atomic mass is 35.5. The molecule has 0 aromatic heterocycles. The van der Waals surface area contributed by atoms with Crippen LogP contribution in [0.4, 0.5) is 4.39 Å². The first-order chi connectivity index (χ1) is 8.30. The zero-order valence-electron chi connectivity index (χ0n) is 10.7. The normalized spacial score (nSPS) is 11.2. The first-order valence-corrected chi connectivity index (χ1v) is 6.04. The molecule has 1 rings (SSSR count). The van der Waals surface area contributed by atoms with Crippen molar-refractivity contribution in [1.82, 2.24) is 5.32 Å². The monoisotopic (exact) mass is 273 g/mol. The maximum absolute atomic E-state index is 12.8. The summed E-state index contributed by atoms with van der Waals surface area (Å²) in [5.74, 6) is -0.0484. The molecule has 0 saturated heterocycles. The third-order valence-corrected chi connectivity index (χ3v) is 2.52. The number of hydrogen-bond acceptors (Lipinski definition) is 2. The molecule has 0 bridgehead atoms. The van der Waals surface area contributed by atoms with Crippen LogP contribution in [0, 0.1) is 11.2 Å². The Morgan fingerprint density at radius 3 is 2.67 bits per heavy atom. The fourth-order valence-electron chi connectivity index (χ4n) is 1.18. The lowest BCUT2D eigenvalue weighted by molar-refractivity contribution is -0.128. The largest absolute Gasteiger partial charge is 0.490 e. The van der Waals surface area contributed by atoms with Crippen LogP contribution >= 0.6 is 11.6 Å². The van der Waals surface area contributed by atoms with Crippen LogP contribution in [0.1, 0.15) is 20.8 Å². The van der Waals surface area contributed by atoms with E-state index in [4.69, 9.17) is 16.3 Å². The molecule has 0 fully saturated rings. The third-order valence-electron chi connectivity index (χ3n) is 2.22. The van der Waals surface area contributed by atoms with Crippen molar-refractivity contribution in [2.75, 3.05) is 13.2 Å². The molecule has 1 aromatic carbocycles. The van der Waals surface area contributed by atoms with Crippen LogP contribution in [0.2, 0.25) is 5.02 Å². The van der Waals surface area contributed by atoms with Gasteiger partial charge in [-0.1, -0.05) is 32.4 Å². The highest BCUT2D eigenvalue weighted by molar-refractivity contribution is 6.32. The molecule has 1 aromatic rings. The van der Waals surface area contributed by atoms with Crippen molar-refractivity contribution >= 4 is 17.5 Å². The highest BCUT2D eigenvalue weighted by Crippen LogP contribution is 2.24. The molecule has 0 atom stereocenters. The van der Waals surface area contributed by atoms with Crippen LogP contribution in [0.3, 0.4) is 0 Å². The van der Waals surface area contributed by atoms with Gasteiger partial charge in [0.1, 0.15) is 18.2 Å². The number of carbonyl (C=O) groups is 1. The van der Waals surface area contributed by atoms with E-state index in [1.165, 1.54) is 18.2 Å². The van der Waals surface area contributed by atoms with Crippen molar-refractivity contribution < 1.29 is 13.9 Å². The smallest absolute Gasteiger partial charge is 0.225 e. The average molecular weight is 274 g/mol. The summed E-state index contributed by atoms with van der Waals surface area (Å²) in [5.41, 5.74) is -0.423. The molecule has 0 aliphatic rings. The topological polar surface area (TPSA) is 38.3 Å². The number of hydrogen-bond donors (Lipinski definition) is 1. The van der Waals surface area contributed by atoms with Crippen LogP contribution < -0.4 is 10.1 Å². The van der Waals surface area contributed by atoms with Gasteiger partial charge >= 0.3 is 0 Å². The maximum atomic E-state index is 12.8. The zero-order valence-corrected chi connectivity index (χ0v) is 11.5. The molecule has 5 heteroatoms. The fourth-order valence-corrected chi connectivity index (χ4v) is 1.40. The van der Waals surface area contributed by atoms with Crippen molar-refractivity contribution in [3.05, 3.63) is 29.0 Å². The van der Waals surface area contributed by atoms with Gasteiger partial charge in [-0.05, 0) is 18.2 Å². The van der Waals surface area contributed by atoms with Crippen LogP contribution in [-0.2, 0) is 4.79 Å². The van der Waals surface area contributed by atoms with Crippen LogP contribution in [0.5, 0.6) is 5.75 Å². The van der Waals surface area contributed by atoms with E-state index in [1.54, 1.807) is 0 Å². The molecule has 0 aliphatic carbocycles. The SMILES string of the molecule is CC(C)(C)C(=O)NCCOc1ccc(F)cc1Cl. The molecular weight excluding hydrogens is 257 g/mol. The van der Waals surface area contributed by atoms with Crippen LogP contribution in [0.15, 0.2) is 18.2 Å². The molecular formula is C13H17ClFNO2. The van der Waals surface area contributed by atoms with Crippen LogP contribution in [0.25, 0.3) is 0 Å². The van der Waals surface area contributed by atoms with Gasteiger partial charge < -0.3 is 10.1 Å². The third kappa shape index (κ3) is 4.53. The molecule has 0 radical (unpaired) electrons. The molecule has 100 valence electrons. The molecule has 0 heterocycles. The molecule has 3 nitrogen and oxygen atoms in total. The fraction of sp³-hybridized carbons (Fsp3) is 0.462. The molecule has 1 N–H and O–H groups in total. The Bertz CT molecular complexity index is 429. The minimum Gasteiger partial charge on any atom is -0.490 e. The summed E-state index contributed by atoms with van der Waals surface area (Å²) in [7, 11) is 0. The summed E-state index contributed by atoms with van der Waals surface area (Å²) in [4.78, 5) is 11.5. The summed E-state index contributed by atoms with van der Waals surface area (Å²) in [6.45, 7) is 6.16. The van der Waals surface area contributed by atoms with Crippen molar-refractivity contribution in [3.63, 3.8) is 0 Å². The van der Waals surface area contributed by atoms with Crippen molar-refractivity contribution in [3.8, 4) is 5.75 Å². The average Bonchev–Trinajstić information content (AvgIpc) is 2.25. The number of ether oxygens (including phenoxy) is 1. The maximum Gasteiger partial charge on any atom is 0.225 e. The summed E-state index contributed by atoms with van der Waals surface area (Å²) in [5, 5.41) is 2.96. The van der Waals surface area contributed by atoms with E-state index in [9.17, 15) is 9.18 Å². The van der Waals surface area contributed by atoms with E-state index in [0.717, 1.165) is 0 Å². The van der Waals surface area contributed by atoms with E-state index < -0.39 is 11.2 Å². The van der Waals surface area contributed by atoms with Gasteiger partial charge in [0.25, 0.3) is 0 Å². The Morgan fingerprint density at radius 1 is 1.44 bits per heavy atom. The first kappa shape index (κ1) is 14.8. The Hall–Kier alpha value is -1.29. The molecule has 1 amide bonds. The second kappa shape index (κ2) is 6.05. The lowest BCUT2D eigenvalue weighted by atomic mass is 9.96. The molecule has 18 heavy (non-hydrogen) atoms. The number of halogens is 2. The van der Waals surface area contributed by atoms with E-state index in [0.29, 0.717) is 12.3 Å². The highest BCUT2D eigenvalue weighted by Gasteiger charge is 2.20. The molecule has 0 aliphatic heterocycles. The first-order valence-electron chi connectivity index (χ1n) is 5.67. The summed E-state index contributed by atoms with van der Waals surface area (Å²) < 4.78 is 18.1. The van der Waals surface area contributed by atoms with Crippen molar-refractivity contribution in [2.45, 2.75) is 20.8 Å². The molecule has 0 unspecified atom stereocenters. The summed E-state index contributed by atoms with van der Waals surface area (Å²) >= 11 is 5.79. The van der Waals surface area contributed by atoms with E-state index in [2.05, 4.69) is 5.32 Å². The van der Waals surface area contributed by atoms with E-state index >= 15 is 0 Å². The van der Waals surface area contributed by atoms with Gasteiger partial charge in [0.05, 0.1) is 11.6 Å². The van der Waals surface area contributed by atoms with E-state index in [-0.39, 0.29) is 17.5 Å². The minimum absolute atomic E-state index is 0.0451. The summed E-state index contributed by atoms with van der Waals surface area (Å²) in [6.07, 6.45) is 0. The Labute approximate surface area is 111 Å². The predicted octanol–water partition coefficient (Wildman–Crippen LogP) is 3.02. The zero-order chi connectivity index (χ0) is 13.8. The Kier molecular flexibility index (Phi) is 4.96. The van der Waals surface area contributed by atoms with Crippen molar-refractivity contribution in [2.24, 2.45) is 5.41 Å². The second-order valence-electron chi connectivity index (χ2n) is 4.93. The second-order valence-corrected chi connectivity index (χ2v) is 5.34. The number of nitrogens with one attached hydrogen (secondary N) is 1. The summed E-state index contributed by atoms with van der Waals surface area (Å²) in [6, 6.07) is 3.92. The van der Waals surface area contributed by atoms with Gasteiger partial charge in [-0.3, -0.25) is 4.79 Å². The molecule has 0 saturated carbocycles. The Morgan fingerprint density at radius 2 is 2.11 bits per heavy atom. The molecule has 0 spiro atoms. The lowest BCUT2D eigenvalue weighted by Crippen LogP contribution is -2.37. The standard InChI is InChI=1S/C13H17ClFNO2/c1-13(2,3)12(17)16-6-7-18-11-5-4-9(15)8-10(11)14/h4-5,8H,6-7H2,1-3H3,(H,16,17). The van der Waals surface area contributed by atoms with E-state index in [1.807, 2.05) is 20.8 Å². The van der Waals surface area contributed by atoms with Gasteiger partial charge in [-0.15, -0.1) is 0 Å². The van der Waals surface area contributed by atoms with Crippen LogP contribution in [-0.4, -0.2) is 19.1 Å². The number of rotatable bonds is 4. The predicted molar refractivity (Wildman–Crippen MR) is 69.4 cm³/mol. The number of carbonyl (C=O) groups excluding carboxylic acids is 1. The quantitative estimate of drug-likeness (QED) is 0.857. The number of benzene rings is 1. The van der Waals surface area contributed by atoms with Gasteiger partial charge in [0, 0.05) is 5.41 Å². The Balaban J connectivity index is 2.36. The van der Waals surface area contributed by atoms with Gasteiger partial charge in [0.2, 0.25) is 5.91 Å². The van der Waals surface area contributed by atoms with Crippen molar-refractivity contribution in [1.29, 1.82) is 0 Å². The lowest BCUT2D eigenvalue weighted by Gasteiger charge is -2.17.